The molecule has 30 heavy (non-hydrogen) atoms. The van der Waals surface area contributed by atoms with E-state index in [1.165, 1.54) is 12.2 Å². The lowest BCUT2D eigenvalue weighted by Crippen LogP contribution is -2.52. The number of rotatable bonds is 8. The van der Waals surface area contributed by atoms with Crippen molar-refractivity contribution in [2.75, 3.05) is 38.2 Å². The molecule has 3 atom stereocenters. The molecule has 168 valence electrons. The molecule has 0 saturated carbocycles. The Morgan fingerprint density at radius 1 is 1.37 bits per heavy atom. The van der Waals surface area contributed by atoms with E-state index in [0.717, 1.165) is 31.7 Å². The van der Waals surface area contributed by atoms with Crippen LogP contribution in [0.4, 0.5) is 0 Å². The third-order valence-electron chi connectivity index (χ3n) is 5.80. The fourth-order valence-corrected chi connectivity index (χ4v) is 5.09. The van der Waals surface area contributed by atoms with E-state index in [1.807, 2.05) is 22.4 Å². The monoisotopic (exact) mass is 437 g/mol. The molecule has 1 aromatic heterocycles. The summed E-state index contributed by atoms with van der Waals surface area (Å²) < 4.78 is 1.98. The van der Waals surface area contributed by atoms with Gasteiger partial charge in [0.25, 0.3) is 12.0 Å². The van der Waals surface area contributed by atoms with Crippen LogP contribution in [0.15, 0.2) is 23.0 Å². The van der Waals surface area contributed by atoms with Crippen LogP contribution in [-0.4, -0.2) is 65.1 Å². The highest BCUT2D eigenvalue weighted by Gasteiger charge is 2.40. The van der Waals surface area contributed by atoms with Crippen LogP contribution in [0.5, 0.6) is 0 Å². The normalized spacial score (nSPS) is 22.6. The number of thioether (sulfide) groups is 1. The maximum atomic E-state index is 12.7. The van der Waals surface area contributed by atoms with Gasteiger partial charge in [-0.05, 0) is 49.3 Å². The van der Waals surface area contributed by atoms with Crippen molar-refractivity contribution in [3.63, 3.8) is 0 Å². The molecule has 2 bridgehead atoms. The van der Waals surface area contributed by atoms with Crippen LogP contribution >= 0.6 is 11.8 Å². The Kier molecular flexibility index (Phi) is 9.91. The molecule has 2 aliphatic heterocycles. The average Bonchev–Trinajstić information content (AvgIpc) is 2.68. The average molecular weight is 438 g/mol. The van der Waals surface area contributed by atoms with Gasteiger partial charge in [0, 0.05) is 43.7 Å². The van der Waals surface area contributed by atoms with Gasteiger partial charge in [-0.2, -0.15) is 11.8 Å². The molecular weight excluding hydrogens is 402 g/mol. The van der Waals surface area contributed by atoms with E-state index in [0.29, 0.717) is 30.7 Å². The Morgan fingerprint density at radius 2 is 2.10 bits per heavy atom. The minimum absolute atomic E-state index is 0.0596. The van der Waals surface area contributed by atoms with Crippen molar-refractivity contribution >= 4 is 24.1 Å². The third-order valence-corrected chi connectivity index (χ3v) is 6.50. The molecule has 1 aromatic rings. The number of nitrogens with one attached hydrogen (secondary N) is 1. The highest BCUT2D eigenvalue weighted by atomic mass is 32.2. The number of carbonyl (C=O) groups excluding carboxylic acids is 1. The summed E-state index contributed by atoms with van der Waals surface area (Å²) in [5, 5.41) is 9.99. The SMILES string of the molecule is CSCCCN1C[C@H]2C[C@@H](C1)[C@H](CNC(=O)CC(C)C)n1c2cccc1=O.O=CO. The van der Waals surface area contributed by atoms with E-state index in [1.54, 1.807) is 6.07 Å². The van der Waals surface area contributed by atoms with Gasteiger partial charge in [0.15, 0.2) is 0 Å². The van der Waals surface area contributed by atoms with Crippen molar-refractivity contribution in [1.29, 1.82) is 0 Å². The van der Waals surface area contributed by atoms with Crippen molar-refractivity contribution in [2.24, 2.45) is 11.8 Å². The predicted molar refractivity (Wildman–Crippen MR) is 121 cm³/mol. The molecule has 3 rings (SSSR count). The van der Waals surface area contributed by atoms with E-state index >= 15 is 0 Å². The first kappa shape index (κ1) is 24.5. The lowest BCUT2D eigenvalue weighted by atomic mass is 9.78. The van der Waals surface area contributed by atoms with Crippen molar-refractivity contribution < 1.29 is 14.7 Å². The number of aromatic nitrogens is 1. The van der Waals surface area contributed by atoms with Crippen LogP contribution < -0.4 is 10.9 Å². The summed E-state index contributed by atoms with van der Waals surface area (Å²) in [4.78, 5) is 35.8. The van der Waals surface area contributed by atoms with Gasteiger partial charge < -0.3 is 19.9 Å². The molecule has 0 aliphatic carbocycles. The maximum absolute atomic E-state index is 12.7. The fourth-order valence-electron chi connectivity index (χ4n) is 4.68. The Hall–Kier alpha value is -1.80. The van der Waals surface area contributed by atoms with Crippen LogP contribution in [0.2, 0.25) is 0 Å². The third kappa shape index (κ3) is 6.60. The van der Waals surface area contributed by atoms with E-state index in [4.69, 9.17) is 9.90 Å². The zero-order chi connectivity index (χ0) is 22.1. The molecule has 0 radical (unpaired) electrons. The topological polar surface area (TPSA) is 91.6 Å². The number of piperidine rings is 1. The molecule has 2 N–H and O–H groups in total. The Balaban J connectivity index is 0.00000101. The van der Waals surface area contributed by atoms with Crippen LogP contribution in [-0.2, 0) is 9.59 Å². The largest absolute Gasteiger partial charge is 0.483 e. The summed E-state index contributed by atoms with van der Waals surface area (Å²) in [6.07, 6.45) is 5.02. The van der Waals surface area contributed by atoms with Crippen molar-refractivity contribution in [3.8, 4) is 0 Å². The van der Waals surface area contributed by atoms with Crippen molar-refractivity contribution in [1.82, 2.24) is 14.8 Å². The summed E-state index contributed by atoms with van der Waals surface area (Å²) >= 11 is 1.90. The molecule has 1 amide bonds. The van der Waals surface area contributed by atoms with Crippen molar-refractivity contribution in [3.05, 3.63) is 34.2 Å². The first-order valence-corrected chi connectivity index (χ1v) is 12.1. The zero-order valence-electron chi connectivity index (χ0n) is 18.3. The molecule has 1 saturated heterocycles. The van der Waals surface area contributed by atoms with E-state index in [-0.39, 0.29) is 24.0 Å². The summed E-state index contributed by atoms with van der Waals surface area (Å²) in [5.41, 5.74) is 1.22. The molecule has 0 aromatic carbocycles. The lowest BCUT2D eigenvalue weighted by Gasteiger charge is -2.47. The minimum atomic E-state index is -0.250. The Bertz CT molecular complexity index is 752. The predicted octanol–water partition coefficient (Wildman–Crippen LogP) is 2.42. The van der Waals surface area contributed by atoms with Gasteiger partial charge in [0.1, 0.15) is 0 Å². The van der Waals surface area contributed by atoms with Gasteiger partial charge in [-0.15, -0.1) is 0 Å². The number of amides is 1. The summed E-state index contributed by atoms with van der Waals surface area (Å²) in [7, 11) is 0. The Morgan fingerprint density at radius 3 is 2.77 bits per heavy atom. The lowest BCUT2D eigenvalue weighted by molar-refractivity contribution is -0.123. The fraction of sp³-hybridized carbons (Fsp3) is 0.682. The van der Waals surface area contributed by atoms with Crippen LogP contribution in [0.3, 0.4) is 0 Å². The van der Waals surface area contributed by atoms with Gasteiger partial charge >= 0.3 is 0 Å². The molecule has 1 fully saturated rings. The highest BCUT2D eigenvalue weighted by Crippen LogP contribution is 2.40. The van der Waals surface area contributed by atoms with E-state index < -0.39 is 0 Å². The highest BCUT2D eigenvalue weighted by molar-refractivity contribution is 7.98. The molecule has 2 aliphatic rings. The van der Waals surface area contributed by atoms with E-state index in [9.17, 15) is 9.59 Å². The summed E-state index contributed by atoms with van der Waals surface area (Å²) in [6.45, 7) is 7.60. The molecule has 8 heteroatoms. The van der Waals surface area contributed by atoms with Gasteiger partial charge in [-0.3, -0.25) is 14.4 Å². The van der Waals surface area contributed by atoms with Crippen LogP contribution in [0, 0.1) is 11.8 Å². The second-order valence-electron chi connectivity index (χ2n) is 8.53. The summed E-state index contributed by atoms with van der Waals surface area (Å²) in [5.74, 6) is 2.47. The first-order chi connectivity index (χ1) is 14.4. The smallest absolute Gasteiger partial charge is 0.290 e. The van der Waals surface area contributed by atoms with Gasteiger partial charge in [0.05, 0.1) is 6.04 Å². The molecular formula is C22H35N3O4S. The number of hydrogen-bond acceptors (Lipinski definition) is 5. The second-order valence-corrected chi connectivity index (χ2v) is 9.52. The molecule has 3 heterocycles. The molecule has 0 spiro atoms. The Labute approximate surface area is 183 Å². The zero-order valence-corrected chi connectivity index (χ0v) is 19.1. The molecule has 0 unspecified atom stereocenters. The first-order valence-electron chi connectivity index (χ1n) is 10.7. The summed E-state index contributed by atoms with van der Waals surface area (Å²) in [6, 6.07) is 5.71. The van der Waals surface area contributed by atoms with Gasteiger partial charge in [0.2, 0.25) is 5.91 Å². The number of pyridine rings is 1. The number of fused-ring (bicyclic) bond motifs is 4. The number of carboxylic acid groups (broad SMARTS) is 1. The number of likely N-dealkylation sites (tertiary alicyclic amines) is 1. The minimum Gasteiger partial charge on any atom is -0.483 e. The van der Waals surface area contributed by atoms with Crippen LogP contribution in [0.1, 0.15) is 50.8 Å². The van der Waals surface area contributed by atoms with Crippen LogP contribution in [0.25, 0.3) is 0 Å². The second kappa shape index (κ2) is 12.2. The number of hydrogen-bond donors (Lipinski definition) is 2. The van der Waals surface area contributed by atoms with Gasteiger partial charge in [-0.1, -0.05) is 19.9 Å². The van der Waals surface area contributed by atoms with Crippen molar-refractivity contribution in [2.45, 2.75) is 45.1 Å². The molecule has 7 nitrogen and oxygen atoms in total. The number of nitrogens with zero attached hydrogens (tertiary/aromatic N) is 2. The van der Waals surface area contributed by atoms with E-state index in [2.05, 4.69) is 36.4 Å². The maximum Gasteiger partial charge on any atom is 0.290 e. The standard InChI is InChI=1S/C21H33N3O2S.CH2O2/c1-15(2)10-20(25)22-12-19-17-11-16(13-23(14-17)8-5-9-27-3)18-6-4-7-21(26)24(18)19;2-1-3/h4,6-7,15-17,19H,5,8-14H2,1-3H3,(H,22,25);1H,(H,2,3)/t16-,17+,19+;/m1./s1. The number of carbonyl (C=O) groups is 2. The van der Waals surface area contributed by atoms with Gasteiger partial charge in [-0.25, -0.2) is 0 Å². The quantitative estimate of drug-likeness (QED) is 0.479.